The summed E-state index contributed by atoms with van der Waals surface area (Å²) in [6.07, 6.45) is -3.10. The van der Waals surface area contributed by atoms with Crippen molar-refractivity contribution in [3.05, 3.63) is 92.3 Å². The average molecular weight is 471 g/mol. The second-order valence-corrected chi connectivity index (χ2v) is 8.15. The number of dihydropyridines is 1. The lowest BCUT2D eigenvalue weighted by Crippen LogP contribution is -2.35. The number of nitrogens with zero attached hydrogens (tertiary/aromatic N) is 1. The number of non-ortho nitro benzene ring substituents is 1. The normalized spacial score (nSPS) is 18.4. The molecule has 2 N–H and O–H groups in total. The molecule has 0 unspecified atom stereocenters. The number of hydrogen-bond donors (Lipinski definition) is 2. The van der Waals surface area contributed by atoms with Gasteiger partial charge in [0.2, 0.25) is 0 Å². The second kappa shape index (κ2) is 8.77. The molecule has 0 saturated heterocycles. The molecule has 34 heavy (non-hydrogen) atoms. The van der Waals surface area contributed by atoms with Crippen molar-refractivity contribution < 1.29 is 27.7 Å². The van der Waals surface area contributed by atoms with Crippen LogP contribution in [0.25, 0.3) is 0 Å². The topological polar surface area (TPSA) is 101 Å². The van der Waals surface area contributed by atoms with Crippen LogP contribution in [0.1, 0.15) is 43.2 Å². The minimum atomic E-state index is -4.58. The third kappa shape index (κ3) is 4.43. The van der Waals surface area contributed by atoms with E-state index in [2.05, 4.69) is 10.6 Å². The van der Waals surface area contributed by atoms with Crippen LogP contribution in [0.15, 0.2) is 71.1 Å². The van der Waals surface area contributed by atoms with E-state index >= 15 is 0 Å². The van der Waals surface area contributed by atoms with Gasteiger partial charge in [0.05, 0.1) is 10.5 Å². The highest BCUT2D eigenvalue weighted by molar-refractivity contribution is 6.09. The van der Waals surface area contributed by atoms with Crippen LogP contribution in [0.5, 0.6) is 0 Å². The largest absolute Gasteiger partial charge is 0.416 e. The SMILES string of the molecule is CC1=C(C(=O)Nc2cccc(C(F)(F)F)c2)[C@@H](c2cccc([N+](=O)[O-])c2)C2=C(CCCC2=O)N1. The fourth-order valence-electron chi connectivity index (χ4n) is 4.41. The molecule has 0 radical (unpaired) electrons. The number of amides is 1. The predicted molar refractivity (Wildman–Crippen MR) is 118 cm³/mol. The molecular weight excluding hydrogens is 451 g/mol. The van der Waals surface area contributed by atoms with E-state index in [1.165, 1.54) is 30.3 Å². The molecule has 4 rings (SSSR count). The van der Waals surface area contributed by atoms with E-state index in [1.54, 1.807) is 13.0 Å². The van der Waals surface area contributed by atoms with Gasteiger partial charge in [-0.1, -0.05) is 18.2 Å². The standard InChI is InChI=1S/C24H20F3N3O4/c1-13-20(23(32)29-16-7-3-6-15(12-16)24(25,26)27)21(14-5-2-8-17(11-14)30(33)34)22-18(28-13)9-4-10-19(22)31/h2-3,5-8,11-12,21,28H,4,9-10H2,1H3,(H,29,32)/t21-/m1/s1. The molecule has 10 heteroatoms. The minimum absolute atomic E-state index is 0.0623. The number of Topliss-reactive ketones (excluding diaryl/α,β-unsaturated/α-hetero) is 1. The monoisotopic (exact) mass is 471 g/mol. The van der Waals surface area contributed by atoms with Crippen LogP contribution in [0, 0.1) is 10.1 Å². The zero-order valence-electron chi connectivity index (χ0n) is 18.0. The van der Waals surface area contributed by atoms with Gasteiger partial charge < -0.3 is 10.6 Å². The number of anilines is 1. The number of carbonyl (C=O) groups is 2. The molecular formula is C24H20F3N3O4. The molecule has 2 aliphatic rings. The lowest BCUT2D eigenvalue weighted by atomic mass is 9.75. The van der Waals surface area contributed by atoms with Crippen molar-refractivity contribution in [2.75, 3.05) is 5.32 Å². The van der Waals surface area contributed by atoms with Gasteiger partial charge in [-0.25, -0.2) is 0 Å². The number of rotatable bonds is 4. The first kappa shape index (κ1) is 23.2. The van der Waals surface area contributed by atoms with Gasteiger partial charge in [0.25, 0.3) is 11.6 Å². The van der Waals surface area contributed by atoms with Crippen molar-refractivity contribution in [1.82, 2.24) is 5.32 Å². The number of allylic oxidation sites excluding steroid dienone is 3. The fraction of sp³-hybridized carbons (Fsp3) is 0.250. The van der Waals surface area contributed by atoms with Crippen LogP contribution in [0.3, 0.4) is 0 Å². The molecule has 0 spiro atoms. The molecule has 1 aliphatic heterocycles. The van der Waals surface area contributed by atoms with E-state index in [9.17, 15) is 32.9 Å². The number of nitro groups is 1. The summed E-state index contributed by atoms with van der Waals surface area (Å²) in [6, 6.07) is 9.92. The molecule has 2 aromatic rings. The maximum atomic E-state index is 13.4. The summed E-state index contributed by atoms with van der Waals surface area (Å²) in [6.45, 7) is 1.63. The Bertz CT molecular complexity index is 1260. The summed E-state index contributed by atoms with van der Waals surface area (Å²) < 4.78 is 39.3. The lowest BCUT2D eigenvalue weighted by molar-refractivity contribution is -0.384. The Morgan fingerprint density at radius 1 is 1.15 bits per heavy atom. The van der Waals surface area contributed by atoms with Crippen LogP contribution in [-0.4, -0.2) is 16.6 Å². The van der Waals surface area contributed by atoms with E-state index in [4.69, 9.17) is 0 Å². The smallest absolute Gasteiger partial charge is 0.362 e. The summed E-state index contributed by atoms with van der Waals surface area (Å²) >= 11 is 0. The summed E-state index contributed by atoms with van der Waals surface area (Å²) in [7, 11) is 0. The maximum Gasteiger partial charge on any atom is 0.416 e. The summed E-state index contributed by atoms with van der Waals surface area (Å²) in [5, 5.41) is 16.9. The maximum absolute atomic E-state index is 13.4. The first-order valence-electron chi connectivity index (χ1n) is 10.5. The van der Waals surface area contributed by atoms with Gasteiger partial charge in [-0.3, -0.25) is 19.7 Å². The Morgan fingerprint density at radius 3 is 2.59 bits per heavy atom. The van der Waals surface area contributed by atoms with Crippen LogP contribution in [-0.2, 0) is 15.8 Å². The molecule has 1 aliphatic carbocycles. The number of hydrogen-bond acceptors (Lipinski definition) is 5. The molecule has 1 amide bonds. The molecule has 1 atom stereocenters. The first-order valence-corrected chi connectivity index (χ1v) is 10.5. The Kier molecular flexibility index (Phi) is 5.99. The average Bonchev–Trinajstić information content (AvgIpc) is 2.78. The third-order valence-electron chi connectivity index (χ3n) is 5.88. The van der Waals surface area contributed by atoms with Crippen LogP contribution >= 0.6 is 0 Å². The van der Waals surface area contributed by atoms with E-state index in [0.717, 1.165) is 12.1 Å². The van der Waals surface area contributed by atoms with Gasteiger partial charge in [-0.2, -0.15) is 13.2 Å². The van der Waals surface area contributed by atoms with Gasteiger partial charge in [0.15, 0.2) is 5.78 Å². The zero-order valence-corrected chi connectivity index (χ0v) is 18.0. The fourth-order valence-corrected chi connectivity index (χ4v) is 4.41. The number of halogens is 3. The Balaban J connectivity index is 1.78. The zero-order chi connectivity index (χ0) is 24.6. The van der Waals surface area contributed by atoms with Crippen LogP contribution in [0.2, 0.25) is 0 Å². The number of benzene rings is 2. The van der Waals surface area contributed by atoms with Gasteiger partial charge in [-0.05, 0) is 43.5 Å². The van der Waals surface area contributed by atoms with Gasteiger partial charge >= 0.3 is 6.18 Å². The van der Waals surface area contributed by atoms with Crippen LogP contribution in [0.4, 0.5) is 24.5 Å². The molecule has 0 fully saturated rings. The van der Waals surface area contributed by atoms with E-state index in [1.807, 2.05) is 0 Å². The first-order chi connectivity index (χ1) is 16.1. The predicted octanol–water partition coefficient (Wildman–Crippen LogP) is 5.22. The molecule has 0 saturated carbocycles. The summed E-state index contributed by atoms with van der Waals surface area (Å²) in [5.41, 5.74) is 0.755. The quantitative estimate of drug-likeness (QED) is 0.470. The molecule has 176 valence electrons. The lowest BCUT2D eigenvalue weighted by Gasteiger charge is -2.34. The highest BCUT2D eigenvalue weighted by atomic mass is 19.4. The van der Waals surface area contributed by atoms with Crippen molar-refractivity contribution >= 4 is 23.1 Å². The van der Waals surface area contributed by atoms with Crippen molar-refractivity contribution in [3.8, 4) is 0 Å². The second-order valence-electron chi connectivity index (χ2n) is 8.15. The molecule has 0 bridgehead atoms. The summed E-state index contributed by atoms with van der Waals surface area (Å²) in [4.78, 5) is 37.1. The van der Waals surface area contributed by atoms with Gasteiger partial charge in [0, 0.05) is 52.7 Å². The third-order valence-corrected chi connectivity index (χ3v) is 5.88. The number of nitro benzene ring substituents is 1. The number of alkyl halides is 3. The summed E-state index contributed by atoms with van der Waals surface area (Å²) in [5.74, 6) is -1.78. The highest BCUT2D eigenvalue weighted by Gasteiger charge is 2.39. The minimum Gasteiger partial charge on any atom is -0.362 e. The Hall–Kier alpha value is -3.95. The van der Waals surface area contributed by atoms with Crippen molar-refractivity contribution in [1.29, 1.82) is 0 Å². The van der Waals surface area contributed by atoms with E-state index in [0.29, 0.717) is 35.4 Å². The molecule has 1 heterocycles. The van der Waals surface area contributed by atoms with E-state index < -0.39 is 28.5 Å². The molecule has 0 aromatic heterocycles. The van der Waals surface area contributed by atoms with Crippen molar-refractivity contribution in [2.45, 2.75) is 38.3 Å². The molecule has 7 nitrogen and oxygen atoms in total. The Labute approximate surface area is 192 Å². The highest BCUT2D eigenvalue weighted by Crippen LogP contribution is 2.43. The number of nitrogens with one attached hydrogen (secondary N) is 2. The Morgan fingerprint density at radius 2 is 1.88 bits per heavy atom. The molecule has 2 aromatic carbocycles. The van der Waals surface area contributed by atoms with Gasteiger partial charge in [0.1, 0.15) is 0 Å². The van der Waals surface area contributed by atoms with Gasteiger partial charge in [-0.15, -0.1) is 0 Å². The van der Waals surface area contributed by atoms with Crippen LogP contribution < -0.4 is 10.6 Å². The number of ketones is 1. The number of carbonyl (C=O) groups excluding carboxylic acids is 2. The van der Waals surface area contributed by atoms with Crippen molar-refractivity contribution in [2.24, 2.45) is 0 Å². The van der Waals surface area contributed by atoms with Crippen molar-refractivity contribution in [3.63, 3.8) is 0 Å². The van der Waals surface area contributed by atoms with E-state index in [-0.39, 0.29) is 29.2 Å².